The van der Waals surface area contributed by atoms with Crippen LogP contribution in [0.2, 0.25) is 5.02 Å². The van der Waals surface area contributed by atoms with Crippen LogP contribution in [0.1, 0.15) is 60.8 Å². The van der Waals surface area contributed by atoms with Crippen molar-refractivity contribution >= 4 is 29.4 Å². The van der Waals surface area contributed by atoms with E-state index in [4.69, 9.17) is 21.1 Å². The average Bonchev–Trinajstić information content (AvgIpc) is 2.85. The number of benzene rings is 3. The minimum absolute atomic E-state index is 0.0369. The molecular weight excluding hydrogens is 506 g/mol. The summed E-state index contributed by atoms with van der Waals surface area (Å²) in [5.74, 6) is -0.214. The third kappa shape index (κ3) is 8.71. The van der Waals surface area contributed by atoms with Crippen LogP contribution in [-0.4, -0.2) is 46.5 Å². The number of nitrogens with zero attached hydrogens (tertiary/aromatic N) is 1. The van der Waals surface area contributed by atoms with Gasteiger partial charge in [-0.2, -0.15) is 0 Å². The molecule has 3 aromatic rings. The molecule has 7 nitrogen and oxygen atoms in total. The monoisotopic (exact) mass is 537 g/mol. The first-order valence-electron chi connectivity index (χ1n) is 12.2. The summed E-state index contributed by atoms with van der Waals surface area (Å²) in [7, 11) is 0. The zero-order valence-corrected chi connectivity index (χ0v) is 22.7. The van der Waals surface area contributed by atoms with E-state index in [9.17, 15) is 19.5 Å². The molecule has 0 heterocycles. The minimum Gasteiger partial charge on any atom is -0.444 e. The van der Waals surface area contributed by atoms with Gasteiger partial charge in [0.15, 0.2) is 5.78 Å². The predicted octanol–water partition coefficient (Wildman–Crippen LogP) is 6.01. The SMILES string of the molecule is CC(=O)Oc1ccc(C(=O)c2ccc(CCN(C[C@@H](O)c3cccc(Cl)c3)C(=O)OC(C)(C)C)cc2)cc1. The van der Waals surface area contributed by atoms with E-state index in [0.29, 0.717) is 40.4 Å². The summed E-state index contributed by atoms with van der Waals surface area (Å²) in [4.78, 5) is 38.3. The van der Waals surface area contributed by atoms with Crippen molar-refractivity contribution in [3.8, 4) is 5.75 Å². The topological polar surface area (TPSA) is 93.1 Å². The molecule has 1 N–H and O–H groups in total. The molecule has 0 aromatic heterocycles. The normalized spacial score (nSPS) is 11.9. The molecule has 8 heteroatoms. The molecule has 0 fully saturated rings. The van der Waals surface area contributed by atoms with Crippen molar-refractivity contribution in [2.75, 3.05) is 13.1 Å². The van der Waals surface area contributed by atoms with E-state index in [1.54, 1.807) is 81.4 Å². The average molecular weight is 538 g/mol. The van der Waals surface area contributed by atoms with Gasteiger partial charge in [0, 0.05) is 29.6 Å². The van der Waals surface area contributed by atoms with E-state index in [1.807, 2.05) is 12.1 Å². The van der Waals surface area contributed by atoms with Crippen LogP contribution >= 0.6 is 11.6 Å². The molecule has 0 radical (unpaired) electrons. The van der Waals surface area contributed by atoms with Crippen molar-refractivity contribution < 1.29 is 29.0 Å². The van der Waals surface area contributed by atoms with Crippen LogP contribution < -0.4 is 4.74 Å². The van der Waals surface area contributed by atoms with Crippen molar-refractivity contribution in [3.05, 3.63) is 100 Å². The van der Waals surface area contributed by atoms with Gasteiger partial charge in [0.05, 0.1) is 12.6 Å². The molecular formula is C30H32ClNO6. The summed E-state index contributed by atoms with van der Waals surface area (Å²) in [5, 5.41) is 11.3. The van der Waals surface area contributed by atoms with Crippen LogP contribution in [-0.2, 0) is 16.0 Å². The summed E-state index contributed by atoms with van der Waals surface area (Å²) < 4.78 is 10.6. The Bertz CT molecular complexity index is 1270. The van der Waals surface area contributed by atoms with Crippen molar-refractivity contribution in [1.82, 2.24) is 4.90 Å². The number of hydrogen-bond acceptors (Lipinski definition) is 6. The number of amides is 1. The highest BCUT2D eigenvalue weighted by molar-refractivity contribution is 6.30. The molecule has 3 aromatic carbocycles. The Kier molecular flexibility index (Phi) is 9.66. The molecule has 0 bridgehead atoms. The van der Waals surface area contributed by atoms with E-state index < -0.39 is 23.8 Å². The number of ketones is 1. The van der Waals surface area contributed by atoms with E-state index >= 15 is 0 Å². The largest absolute Gasteiger partial charge is 0.444 e. The van der Waals surface area contributed by atoms with Gasteiger partial charge in [-0.3, -0.25) is 9.59 Å². The fraction of sp³-hybridized carbons (Fsp3) is 0.300. The van der Waals surface area contributed by atoms with E-state index in [2.05, 4.69) is 0 Å². The summed E-state index contributed by atoms with van der Waals surface area (Å²) >= 11 is 6.06. The first-order valence-corrected chi connectivity index (χ1v) is 12.6. The zero-order chi connectivity index (χ0) is 27.9. The minimum atomic E-state index is -0.937. The van der Waals surface area contributed by atoms with Crippen molar-refractivity contribution in [1.29, 1.82) is 0 Å². The van der Waals surface area contributed by atoms with Gasteiger partial charge in [-0.25, -0.2) is 4.79 Å². The fourth-order valence-electron chi connectivity index (χ4n) is 3.71. The highest BCUT2D eigenvalue weighted by Gasteiger charge is 2.24. The highest BCUT2D eigenvalue weighted by atomic mass is 35.5. The van der Waals surface area contributed by atoms with E-state index in [0.717, 1.165) is 5.56 Å². The van der Waals surface area contributed by atoms with Gasteiger partial charge in [-0.05, 0) is 74.7 Å². The molecule has 3 rings (SSSR count). The smallest absolute Gasteiger partial charge is 0.410 e. The second-order valence-corrected chi connectivity index (χ2v) is 10.3. The summed E-state index contributed by atoms with van der Waals surface area (Å²) in [6.45, 7) is 7.02. The fourth-order valence-corrected chi connectivity index (χ4v) is 3.90. The Balaban J connectivity index is 1.67. The third-order valence-electron chi connectivity index (χ3n) is 5.54. The van der Waals surface area contributed by atoms with Crippen LogP contribution in [0.5, 0.6) is 5.75 Å². The lowest BCUT2D eigenvalue weighted by Gasteiger charge is -2.29. The van der Waals surface area contributed by atoms with Gasteiger partial charge in [-0.1, -0.05) is 48.0 Å². The lowest BCUT2D eigenvalue weighted by molar-refractivity contribution is -0.131. The van der Waals surface area contributed by atoms with Crippen LogP contribution in [0.25, 0.3) is 0 Å². The second kappa shape index (κ2) is 12.7. The highest BCUT2D eigenvalue weighted by Crippen LogP contribution is 2.21. The first kappa shape index (κ1) is 28.9. The zero-order valence-electron chi connectivity index (χ0n) is 21.9. The Morgan fingerprint density at radius 2 is 1.55 bits per heavy atom. The number of aliphatic hydroxyl groups is 1. The first-order chi connectivity index (χ1) is 17.9. The Morgan fingerprint density at radius 3 is 2.11 bits per heavy atom. The molecule has 38 heavy (non-hydrogen) atoms. The van der Waals surface area contributed by atoms with Crippen LogP contribution in [0.4, 0.5) is 4.79 Å². The van der Waals surface area contributed by atoms with Gasteiger partial charge in [-0.15, -0.1) is 0 Å². The van der Waals surface area contributed by atoms with Crippen LogP contribution in [0, 0.1) is 0 Å². The van der Waals surface area contributed by atoms with Gasteiger partial charge >= 0.3 is 12.1 Å². The number of rotatable bonds is 9. The van der Waals surface area contributed by atoms with Crippen molar-refractivity contribution in [2.24, 2.45) is 0 Å². The molecule has 1 atom stereocenters. The maximum Gasteiger partial charge on any atom is 0.410 e. The molecule has 0 saturated carbocycles. The number of carbonyl (C=O) groups is 3. The Labute approximate surface area is 227 Å². The number of ether oxygens (including phenoxy) is 2. The van der Waals surface area contributed by atoms with Gasteiger partial charge in [0.1, 0.15) is 11.4 Å². The Hall–Kier alpha value is -3.68. The van der Waals surface area contributed by atoms with Gasteiger partial charge in [0.25, 0.3) is 0 Å². The number of aliphatic hydroxyl groups excluding tert-OH is 1. The lowest BCUT2D eigenvalue weighted by Crippen LogP contribution is -2.40. The van der Waals surface area contributed by atoms with Crippen molar-refractivity contribution in [3.63, 3.8) is 0 Å². The molecule has 0 aliphatic carbocycles. The second-order valence-electron chi connectivity index (χ2n) is 9.89. The molecule has 0 unspecified atom stereocenters. The molecule has 0 spiro atoms. The lowest BCUT2D eigenvalue weighted by atomic mass is 10.0. The summed E-state index contributed by atoms with van der Waals surface area (Å²) in [6.07, 6.45) is -0.969. The van der Waals surface area contributed by atoms with E-state index in [-0.39, 0.29) is 12.3 Å². The molecule has 0 aliphatic heterocycles. The Morgan fingerprint density at radius 1 is 0.947 bits per heavy atom. The van der Waals surface area contributed by atoms with Gasteiger partial charge in [0.2, 0.25) is 0 Å². The molecule has 0 aliphatic rings. The number of hydrogen-bond donors (Lipinski definition) is 1. The number of halogens is 1. The standard InChI is InChI=1S/C30H32ClNO6/c1-20(33)37-26-14-12-23(13-15-26)28(35)22-10-8-21(9-11-22)16-17-32(29(36)38-30(2,3)4)19-27(34)24-6-5-7-25(31)18-24/h5-15,18,27,34H,16-17,19H2,1-4H3/t27-/m1/s1. The maximum atomic E-state index is 12.9. The summed E-state index contributed by atoms with van der Waals surface area (Å²) in [5.41, 5.74) is 1.82. The molecule has 1 amide bonds. The quantitative estimate of drug-likeness (QED) is 0.204. The van der Waals surface area contributed by atoms with Crippen molar-refractivity contribution in [2.45, 2.75) is 45.8 Å². The third-order valence-corrected chi connectivity index (χ3v) is 5.78. The molecule has 200 valence electrons. The van der Waals surface area contributed by atoms with Crippen LogP contribution in [0.3, 0.4) is 0 Å². The van der Waals surface area contributed by atoms with Crippen LogP contribution in [0.15, 0.2) is 72.8 Å². The number of carbonyl (C=O) groups excluding carboxylic acids is 3. The predicted molar refractivity (Wildman–Crippen MR) is 146 cm³/mol. The molecule has 0 saturated heterocycles. The maximum absolute atomic E-state index is 12.9. The number of esters is 1. The van der Waals surface area contributed by atoms with E-state index in [1.165, 1.54) is 11.8 Å². The summed E-state index contributed by atoms with van der Waals surface area (Å²) in [6, 6.07) is 20.4. The van der Waals surface area contributed by atoms with Gasteiger partial charge < -0.3 is 19.5 Å².